The molecule has 2 aliphatic heterocycles. The maximum atomic E-state index is 13.9. The average Bonchev–Trinajstić information content (AvgIpc) is 3.19. The molecule has 2 amide bonds. The molecule has 1 N–H and O–H groups in total. The van der Waals surface area contributed by atoms with E-state index in [1.807, 2.05) is 4.90 Å². The Balaban J connectivity index is 0.00000280. The van der Waals surface area contributed by atoms with Gasteiger partial charge in [0, 0.05) is 44.2 Å². The third-order valence-corrected chi connectivity index (χ3v) is 5.52. The lowest BCUT2D eigenvalue weighted by molar-refractivity contribution is -0.139. The van der Waals surface area contributed by atoms with E-state index in [0.717, 1.165) is 44.6 Å². The van der Waals surface area contributed by atoms with Crippen molar-refractivity contribution >= 4 is 24.2 Å². The van der Waals surface area contributed by atoms with Crippen LogP contribution in [0.1, 0.15) is 43.0 Å². The van der Waals surface area contributed by atoms with Crippen molar-refractivity contribution in [3.05, 3.63) is 35.4 Å². The van der Waals surface area contributed by atoms with E-state index in [-0.39, 0.29) is 35.8 Å². The molecule has 0 radical (unpaired) electrons. The molecule has 0 saturated carbocycles. The van der Waals surface area contributed by atoms with Gasteiger partial charge < -0.3 is 15.1 Å². The molecule has 156 valence electrons. The lowest BCUT2D eigenvalue weighted by Gasteiger charge is -2.36. The fraction of sp³-hybridized carbons (Fsp3) is 0.600. The van der Waals surface area contributed by atoms with Gasteiger partial charge in [-0.2, -0.15) is 0 Å². The van der Waals surface area contributed by atoms with Gasteiger partial charge in [-0.1, -0.05) is 6.92 Å². The van der Waals surface area contributed by atoms with Gasteiger partial charge in [0.1, 0.15) is 11.6 Å². The summed E-state index contributed by atoms with van der Waals surface area (Å²) in [4.78, 5) is 29.1. The van der Waals surface area contributed by atoms with Gasteiger partial charge in [0.15, 0.2) is 0 Å². The molecule has 0 aliphatic carbocycles. The van der Waals surface area contributed by atoms with E-state index in [2.05, 4.69) is 12.2 Å². The van der Waals surface area contributed by atoms with Crippen LogP contribution in [0.5, 0.6) is 0 Å². The van der Waals surface area contributed by atoms with Crippen molar-refractivity contribution in [2.24, 2.45) is 5.92 Å². The van der Waals surface area contributed by atoms with Gasteiger partial charge in [-0.3, -0.25) is 9.59 Å². The fourth-order valence-corrected chi connectivity index (χ4v) is 4.02. The molecule has 1 aromatic rings. The Labute approximate surface area is 170 Å². The SMILES string of the molecule is CCCN(C(=O)C1CCN(C(=O)c2ccc(F)cc2F)CC1)C1CCNC1.Cl. The summed E-state index contributed by atoms with van der Waals surface area (Å²) >= 11 is 0. The number of rotatable bonds is 5. The Bertz CT molecular complexity index is 690. The Kier molecular flexibility index (Phi) is 8.19. The van der Waals surface area contributed by atoms with Crippen LogP contribution in [-0.2, 0) is 4.79 Å². The first-order valence-corrected chi connectivity index (χ1v) is 9.76. The second-order valence-corrected chi connectivity index (χ2v) is 7.37. The monoisotopic (exact) mass is 415 g/mol. The molecular formula is C20H28ClF2N3O2. The normalized spacial score (nSPS) is 20.0. The summed E-state index contributed by atoms with van der Waals surface area (Å²) < 4.78 is 26.9. The van der Waals surface area contributed by atoms with E-state index in [0.29, 0.717) is 25.9 Å². The molecule has 1 atom stereocenters. The maximum Gasteiger partial charge on any atom is 0.256 e. The first-order valence-electron chi connectivity index (χ1n) is 9.76. The summed E-state index contributed by atoms with van der Waals surface area (Å²) in [7, 11) is 0. The van der Waals surface area contributed by atoms with Crippen LogP contribution in [0, 0.1) is 17.6 Å². The van der Waals surface area contributed by atoms with Gasteiger partial charge in [0.05, 0.1) is 5.56 Å². The minimum atomic E-state index is -0.846. The first-order chi connectivity index (χ1) is 13.0. The molecule has 2 heterocycles. The van der Waals surface area contributed by atoms with E-state index in [1.165, 1.54) is 6.07 Å². The van der Waals surface area contributed by atoms with E-state index in [1.54, 1.807) is 4.90 Å². The second kappa shape index (κ2) is 10.2. The molecule has 28 heavy (non-hydrogen) atoms. The van der Waals surface area contributed by atoms with Gasteiger partial charge >= 0.3 is 0 Å². The summed E-state index contributed by atoms with van der Waals surface area (Å²) in [5, 5.41) is 3.31. The van der Waals surface area contributed by atoms with Gasteiger partial charge in [-0.15, -0.1) is 12.4 Å². The third kappa shape index (κ3) is 5.00. The fourth-order valence-electron chi connectivity index (χ4n) is 4.02. The number of amides is 2. The van der Waals surface area contributed by atoms with Crippen LogP contribution in [0.3, 0.4) is 0 Å². The summed E-state index contributed by atoms with van der Waals surface area (Å²) in [5.74, 6) is -1.92. The van der Waals surface area contributed by atoms with Crippen LogP contribution < -0.4 is 5.32 Å². The summed E-state index contributed by atoms with van der Waals surface area (Å²) in [6.07, 6.45) is 3.05. The van der Waals surface area contributed by atoms with Crippen LogP contribution in [0.4, 0.5) is 8.78 Å². The Morgan fingerprint density at radius 1 is 1.21 bits per heavy atom. The van der Waals surface area contributed by atoms with E-state index in [4.69, 9.17) is 0 Å². The topological polar surface area (TPSA) is 52.7 Å². The van der Waals surface area contributed by atoms with Crippen molar-refractivity contribution in [2.75, 3.05) is 32.7 Å². The smallest absolute Gasteiger partial charge is 0.256 e. The predicted octanol–water partition coefficient (Wildman–Crippen LogP) is 2.84. The highest BCUT2D eigenvalue weighted by Crippen LogP contribution is 2.24. The standard InChI is InChI=1S/C20H27F2N3O2.ClH/c1-2-9-25(16-5-8-23-13-16)19(26)14-6-10-24(11-7-14)20(27)17-4-3-15(21)12-18(17)22;/h3-4,12,14,16,23H,2,5-11,13H2,1H3;1H. The minimum absolute atomic E-state index is 0. The Morgan fingerprint density at radius 3 is 2.50 bits per heavy atom. The van der Waals surface area contributed by atoms with Crippen molar-refractivity contribution in [1.29, 1.82) is 0 Å². The van der Waals surface area contributed by atoms with Crippen molar-refractivity contribution in [1.82, 2.24) is 15.1 Å². The number of carbonyl (C=O) groups is 2. The first kappa shape index (κ1) is 22.6. The number of hydrogen-bond donors (Lipinski definition) is 1. The quantitative estimate of drug-likeness (QED) is 0.804. The second-order valence-electron chi connectivity index (χ2n) is 7.37. The Morgan fingerprint density at radius 2 is 1.93 bits per heavy atom. The van der Waals surface area contributed by atoms with Gasteiger partial charge in [-0.25, -0.2) is 8.78 Å². The number of hydrogen-bond acceptors (Lipinski definition) is 3. The van der Waals surface area contributed by atoms with Crippen LogP contribution in [0.25, 0.3) is 0 Å². The van der Waals surface area contributed by atoms with E-state index < -0.39 is 17.5 Å². The zero-order valence-corrected chi connectivity index (χ0v) is 16.9. The van der Waals surface area contributed by atoms with Gasteiger partial charge in [0.25, 0.3) is 5.91 Å². The molecule has 2 aliphatic rings. The zero-order valence-electron chi connectivity index (χ0n) is 16.1. The van der Waals surface area contributed by atoms with Crippen LogP contribution in [-0.4, -0.2) is 60.4 Å². The Hall–Kier alpha value is -1.73. The highest BCUT2D eigenvalue weighted by molar-refractivity contribution is 5.94. The maximum absolute atomic E-state index is 13.9. The number of carbonyl (C=O) groups excluding carboxylic acids is 2. The molecule has 3 rings (SSSR count). The molecular weight excluding hydrogens is 388 g/mol. The predicted molar refractivity (Wildman–Crippen MR) is 106 cm³/mol. The molecule has 1 unspecified atom stereocenters. The van der Waals surface area contributed by atoms with Crippen LogP contribution in [0.15, 0.2) is 18.2 Å². The van der Waals surface area contributed by atoms with E-state index >= 15 is 0 Å². The van der Waals surface area contributed by atoms with Crippen molar-refractivity contribution in [3.8, 4) is 0 Å². The summed E-state index contributed by atoms with van der Waals surface area (Å²) in [6, 6.07) is 3.25. The van der Waals surface area contributed by atoms with Crippen LogP contribution in [0.2, 0.25) is 0 Å². The largest absolute Gasteiger partial charge is 0.339 e. The average molecular weight is 416 g/mol. The highest BCUT2D eigenvalue weighted by atomic mass is 35.5. The van der Waals surface area contributed by atoms with Gasteiger partial charge in [-0.05, 0) is 44.4 Å². The molecule has 2 saturated heterocycles. The van der Waals surface area contributed by atoms with Crippen molar-refractivity contribution in [2.45, 2.75) is 38.6 Å². The van der Waals surface area contributed by atoms with Crippen molar-refractivity contribution in [3.63, 3.8) is 0 Å². The molecule has 0 spiro atoms. The number of halogens is 3. The molecule has 1 aromatic carbocycles. The van der Waals surface area contributed by atoms with Crippen molar-refractivity contribution < 1.29 is 18.4 Å². The molecule has 0 aromatic heterocycles. The number of nitrogens with one attached hydrogen (secondary N) is 1. The molecule has 8 heteroatoms. The number of benzene rings is 1. The number of piperidine rings is 1. The molecule has 0 bridgehead atoms. The summed E-state index contributed by atoms with van der Waals surface area (Å²) in [6.45, 7) is 5.43. The lowest BCUT2D eigenvalue weighted by Crippen LogP contribution is -2.48. The lowest BCUT2D eigenvalue weighted by atomic mass is 9.94. The molecule has 2 fully saturated rings. The third-order valence-electron chi connectivity index (χ3n) is 5.52. The molecule has 5 nitrogen and oxygen atoms in total. The summed E-state index contributed by atoms with van der Waals surface area (Å²) in [5.41, 5.74) is -0.120. The minimum Gasteiger partial charge on any atom is -0.339 e. The van der Waals surface area contributed by atoms with E-state index in [9.17, 15) is 18.4 Å². The highest BCUT2D eigenvalue weighted by Gasteiger charge is 2.34. The number of nitrogens with zero attached hydrogens (tertiary/aromatic N) is 2. The van der Waals surface area contributed by atoms with Crippen LogP contribution >= 0.6 is 12.4 Å². The zero-order chi connectivity index (χ0) is 19.4. The van der Waals surface area contributed by atoms with Gasteiger partial charge in [0.2, 0.25) is 5.91 Å². The number of likely N-dealkylation sites (tertiary alicyclic amines) is 1.